The summed E-state index contributed by atoms with van der Waals surface area (Å²) in [5.74, 6) is -0.110. The van der Waals surface area contributed by atoms with Gasteiger partial charge in [-0.2, -0.15) is 0 Å². The van der Waals surface area contributed by atoms with E-state index in [1.807, 2.05) is 18.6 Å². The molecule has 0 heterocycles. The fourth-order valence-corrected chi connectivity index (χ4v) is 5.59. The van der Waals surface area contributed by atoms with Crippen molar-refractivity contribution < 1.29 is 22.7 Å². The highest BCUT2D eigenvalue weighted by Crippen LogP contribution is 2.64. The molecule has 2 aliphatic carbocycles. The zero-order valence-corrected chi connectivity index (χ0v) is 14.7. The predicted molar refractivity (Wildman–Crippen MR) is 81.7 cm³/mol. The molecule has 0 aromatic rings. The van der Waals surface area contributed by atoms with E-state index in [4.69, 9.17) is 4.74 Å². The van der Waals surface area contributed by atoms with Crippen molar-refractivity contribution in [3.05, 3.63) is 0 Å². The summed E-state index contributed by atoms with van der Waals surface area (Å²) in [5, 5.41) is 0. The maximum atomic E-state index is 12.4. The lowest BCUT2D eigenvalue weighted by atomic mass is 9.70. The van der Waals surface area contributed by atoms with Crippen molar-refractivity contribution >= 4 is 21.9 Å². The topological polar surface area (TPSA) is 89.5 Å². The third kappa shape index (κ3) is 2.87. The lowest BCUT2D eigenvalue weighted by molar-refractivity contribution is -0.128. The summed E-state index contributed by atoms with van der Waals surface area (Å²) in [5.41, 5.74) is -2.02. The molecule has 0 aliphatic heterocycles. The number of fused-ring (bicyclic) bond motifs is 2. The van der Waals surface area contributed by atoms with E-state index < -0.39 is 27.1 Å². The Kier molecular flexibility index (Phi) is 3.88. The molecule has 126 valence electrons. The highest BCUT2D eigenvalue weighted by atomic mass is 32.2. The number of sulfonamides is 1. The van der Waals surface area contributed by atoms with Crippen LogP contribution in [0, 0.1) is 16.7 Å². The minimum Gasteiger partial charge on any atom is -0.443 e. The average Bonchev–Trinajstić information content (AvgIpc) is 2.58. The molecule has 0 aromatic heterocycles. The van der Waals surface area contributed by atoms with Crippen LogP contribution in [0.3, 0.4) is 0 Å². The van der Waals surface area contributed by atoms with Crippen LogP contribution in [-0.2, 0) is 19.6 Å². The van der Waals surface area contributed by atoms with Crippen LogP contribution in [0.1, 0.15) is 53.9 Å². The summed E-state index contributed by atoms with van der Waals surface area (Å²) in [6, 6.07) is 0. The predicted octanol–water partition coefficient (Wildman–Crippen LogP) is 2.24. The number of rotatable bonds is 3. The van der Waals surface area contributed by atoms with E-state index in [0.717, 1.165) is 6.42 Å². The second kappa shape index (κ2) is 4.94. The molecule has 2 aliphatic rings. The highest BCUT2D eigenvalue weighted by molar-refractivity contribution is 7.90. The lowest BCUT2D eigenvalue weighted by Gasteiger charge is -2.36. The Labute approximate surface area is 132 Å². The van der Waals surface area contributed by atoms with Crippen molar-refractivity contribution in [1.29, 1.82) is 0 Å². The van der Waals surface area contributed by atoms with Gasteiger partial charge in [0.1, 0.15) is 11.4 Å². The molecule has 1 amide bonds. The molecule has 2 fully saturated rings. The number of amides is 1. The quantitative estimate of drug-likeness (QED) is 0.856. The molecule has 0 spiro atoms. The third-order valence-corrected chi connectivity index (χ3v) is 6.56. The van der Waals surface area contributed by atoms with Crippen molar-refractivity contribution in [2.45, 2.75) is 59.5 Å². The summed E-state index contributed by atoms with van der Waals surface area (Å²) in [6.45, 7) is 8.88. The van der Waals surface area contributed by atoms with Gasteiger partial charge in [-0.15, -0.1) is 0 Å². The fourth-order valence-electron chi connectivity index (χ4n) is 3.89. The third-order valence-electron chi connectivity index (χ3n) is 5.21. The molecule has 22 heavy (non-hydrogen) atoms. The Morgan fingerprint density at radius 1 is 1.36 bits per heavy atom. The molecule has 0 aromatic carbocycles. The molecule has 2 saturated carbocycles. The number of ether oxygens (including phenoxy) is 1. The van der Waals surface area contributed by atoms with E-state index in [1.54, 1.807) is 20.8 Å². The van der Waals surface area contributed by atoms with Gasteiger partial charge in [0.25, 0.3) is 0 Å². The van der Waals surface area contributed by atoms with Gasteiger partial charge in [-0.25, -0.2) is 17.9 Å². The van der Waals surface area contributed by atoms with Crippen LogP contribution in [0.25, 0.3) is 0 Å². The van der Waals surface area contributed by atoms with Crippen LogP contribution >= 0.6 is 0 Å². The van der Waals surface area contributed by atoms with Gasteiger partial charge in [0, 0.05) is 6.42 Å². The number of Topliss-reactive ketones (excluding diaryl/α,β-unsaturated/α-hetero) is 1. The van der Waals surface area contributed by atoms with E-state index >= 15 is 0 Å². The summed E-state index contributed by atoms with van der Waals surface area (Å²) in [7, 11) is -3.93. The first kappa shape index (κ1) is 17.2. The van der Waals surface area contributed by atoms with Crippen LogP contribution in [-0.4, -0.2) is 31.6 Å². The van der Waals surface area contributed by atoms with Gasteiger partial charge in [0.15, 0.2) is 0 Å². The first-order chi connectivity index (χ1) is 9.79. The molecule has 2 rings (SSSR count). The van der Waals surface area contributed by atoms with Gasteiger partial charge in [0.05, 0.1) is 11.2 Å². The van der Waals surface area contributed by atoms with Gasteiger partial charge < -0.3 is 4.74 Å². The van der Waals surface area contributed by atoms with E-state index in [0.29, 0.717) is 12.8 Å². The van der Waals surface area contributed by atoms with Crippen molar-refractivity contribution in [3.8, 4) is 0 Å². The second-order valence-electron chi connectivity index (χ2n) is 8.03. The maximum Gasteiger partial charge on any atom is 0.421 e. The molecule has 2 unspecified atom stereocenters. The monoisotopic (exact) mass is 331 g/mol. The summed E-state index contributed by atoms with van der Waals surface area (Å²) < 4.78 is 31.6. The molecule has 0 saturated heterocycles. The van der Waals surface area contributed by atoms with E-state index in [-0.39, 0.29) is 22.9 Å². The minimum absolute atomic E-state index is 0.00307. The normalized spacial score (nSPS) is 30.4. The number of hydrogen-bond donors (Lipinski definition) is 1. The molecule has 1 N–H and O–H groups in total. The van der Waals surface area contributed by atoms with Gasteiger partial charge in [-0.05, 0) is 44.9 Å². The van der Waals surface area contributed by atoms with Gasteiger partial charge in [-0.3, -0.25) is 4.79 Å². The molecular formula is C15H25NO5S. The van der Waals surface area contributed by atoms with Crippen LogP contribution in [0.5, 0.6) is 0 Å². The molecule has 2 atom stereocenters. The van der Waals surface area contributed by atoms with E-state index in [9.17, 15) is 18.0 Å². The van der Waals surface area contributed by atoms with E-state index in [1.165, 1.54) is 0 Å². The Morgan fingerprint density at radius 2 is 1.95 bits per heavy atom. The zero-order valence-electron chi connectivity index (χ0n) is 13.9. The Bertz CT molecular complexity index is 602. The second-order valence-corrected chi connectivity index (χ2v) is 9.75. The highest BCUT2D eigenvalue weighted by Gasteiger charge is 2.65. The van der Waals surface area contributed by atoms with Crippen molar-refractivity contribution in [2.75, 3.05) is 5.75 Å². The van der Waals surface area contributed by atoms with Crippen LogP contribution in [0.4, 0.5) is 4.79 Å². The number of carbonyl (C=O) groups is 2. The fraction of sp³-hybridized carbons (Fsp3) is 0.867. The van der Waals surface area contributed by atoms with Crippen LogP contribution in [0.15, 0.2) is 0 Å². The SMILES string of the molecule is CC(C)(C)OC(=O)NS(=O)(=O)CC12CCC(CC1=O)C2(C)C. The Balaban J connectivity index is 2.15. The minimum atomic E-state index is -3.93. The summed E-state index contributed by atoms with van der Waals surface area (Å²) in [4.78, 5) is 24.1. The standard InChI is InChI=1S/C15H25NO5S/c1-13(2,3)21-12(18)16-22(19,20)9-15-7-6-10(8-11(15)17)14(15,4)5/h10H,6-9H2,1-5H3,(H,16,18). The Morgan fingerprint density at radius 3 is 2.36 bits per heavy atom. The molecule has 2 bridgehead atoms. The van der Waals surface area contributed by atoms with Gasteiger partial charge in [-0.1, -0.05) is 13.8 Å². The first-order valence-corrected chi connectivity index (χ1v) is 9.21. The molecular weight excluding hydrogens is 306 g/mol. The smallest absolute Gasteiger partial charge is 0.421 e. The number of carbonyl (C=O) groups excluding carboxylic acids is 2. The molecule has 7 heteroatoms. The van der Waals surface area contributed by atoms with Gasteiger partial charge >= 0.3 is 6.09 Å². The first-order valence-electron chi connectivity index (χ1n) is 7.56. The number of hydrogen-bond acceptors (Lipinski definition) is 5. The van der Waals surface area contributed by atoms with Gasteiger partial charge in [0.2, 0.25) is 10.0 Å². The Hall–Kier alpha value is -1.11. The summed E-state index contributed by atoms with van der Waals surface area (Å²) >= 11 is 0. The largest absolute Gasteiger partial charge is 0.443 e. The van der Waals surface area contributed by atoms with Crippen LogP contribution < -0.4 is 4.72 Å². The van der Waals surface area contributed by atoms with Crippen molar-refractivity contribution in [1.82, 2.24) is 4.72 Å². The van der Waals surface area contributed by atoms with Crippen LogP contribution in [0.2, 0.25) is 0 Å². The molecule has 0 radical (unpaired) electrons. The van der Waals surface area contributed by atoms with Crippen molar-refractivity contribution in [2.24, 2.45) is 16.7 Å². The van der Waals surface area contributed by atoms with E-state index in [2.05, 4.69) is 0 Å². The number of ketones is 1. The lowest BCUT2D eigenvalue weighted by Crippen LogP contribution is -2.47. The summed E-state index contributed by atoms with van der Waals surface area (Å²) in [6.07, 6.45) is 0.871. The van der Waals surface area contributed by atoms with Crippen molar-refractivity contribution in [3.63, 3.8) is 0 Å². The average molecular weight is 331 g/mol. The molecule has 6 nitrogen and oxygen atoms in total. The maximum absolute atomic E-state index is 12.4. The zero-order chi connectivity index (χ0) is 17.0. The number of nitrogens with one attached hydrogen (secondary N) is 1.